The van der Waals surface area contributed by atoms with Gasteiger partial charge in [0.2, 0.25) is 0 Å². The average molecular weight is 172 g/mol. The Morgan fingerprint density at radius 1 is 1.42 bits per heavy atom. The van der Waals surface area contributed by atoms with E-state index in [9.17, 15) is 5.11 Å². The van der Waals surface area contributed by atoms with Crippen LogP contribution in [0.4, 0.5) is 0 Å². The molecule has 0 saturated carbocycles. The largest absolute Gasteiger partial charge is 0.393 e. The van der Waals surface area contributed by atoms with Crippen molar-refractivity contribution >= 4 is 0 Å². The van der Waals surface area contributed by atoms with Gasteiger partial charge in [0.25, 0.3) is 0 Å². The van der Waals surface area contributed by atoms with E-state index in [0.717, 1.165) is 32.5 Å². The monoisotopic (exact) mass is 172 g/mol. The summed E-state index contributed by atoms with van der Waals surface area (Å²) in [5, 5.41) is 9.52. The molecule has 72 valence electrons. The first kappa shape index (κ1) is 10.0. The molecular formula is C10H20O2. The van der Waals surface area contributed by atoms with Crippen LogP contribution in [0.5, 0.6) is 0 Å². The molecule has 1 saturated heterocycles. The molecule has 0 spiro atoms. The van der Waals surface area contributed by atoms with Gasteiger partial charge in [-0.05, 0) is 31.6 Å². The molecule has 1 aliphatic rings. The predicted octanol–water partition coefficient (Wildman–Crippen LogP) is 1.82. The molecule has 0 aromatic carbocycles. The number of aliphatic hydroxyl groups excluding tert-OH is 1. The maximum absolute atomic E-state index is 9.52. The minimum absolute atomic E-state index is 0.155. The third kappa shape index (κ3) is 2.46. The molecule has 2 nitrogen and oxygen atoms in total. The number of hydrogen-bond donors (Lipinski definition) is 1. The molecule has 0 aromatic rings. The van der Waals surface area contributed by atoms with Crippen molar-refractivity contribution in [3.63, 3.8) is 0 Å². The van der Waals surface area contributed by atoms with Crippen LogP contribution in [0, 0.1) is 11.8 Å². The van der Waals surface area contributed by atoms with Crippen molar-refractivity contribution in [3.8, 4) is 0 Å². The molecule has 2 heteroatoms. The van der Waals surface area contributed by atoms with Crippen molar-refractivity contribution in [2.24, 2.45) is 11.8 Å². The Morgan fingerprint density at radius 2 is 2.00 bits per heavy atom. The van der Waals surface area contributed by atoms with E-state index in [-0.39, 0.29) is 6.10 Å². The Bertz CT molecular complexity index is 117. The standard InChI is InChI=1S/C10H20O2/c1-3-10(8(2)11)9-4-6-12-7-5-9/h8-11H,3-7H2,1-2H3. The molecule has 1 fully saturated rings. The molecule has 1 N–H and O–H groups in total. The molecule has 12 heavy (non-hydrogen) atoms. The van der Waals surface area contributed by atoms with Crippen molar-refractivity contribution < 1.29 is 9.84 Å². The fourth-order valence-electron chi connectivity index (χ4n) is 2.21. The summed E-state index contributed by atoms with van der Waals surface area (Å²) in [6.07, 6.45) is 3.19. The van der Waals surface area contributed by atoms with Gasteiger partial charge in [0.1, 0.15) is 0 Å². The Hall–Kier alpha value is -0.0800. The van der Waals surface area contributed by atoms with E-state index >= 15 is 0 Å². The van der Waals surface area contributed by atoms with Crippen molar-refractivity contribution in [3.05, 3.63) is 0 Å². The second-order valence-electron chi connectivity index (χ2n) is 3.76. The zero-order chi connectivity index (χ0) is 8.97. The Morgan fingerprint density at radius 3 is 2.42 bits per heavy atom. The lowest BCUT2D eigenvalue weighted by atomic mass is 9.81. The van der Waals surface area contributed by atoms with E-state index in [1.54, 1.807) is 0 Å². The van der Waals surface area contributed by atoms with Crippen LogP contribution in [0.2, 0.25) is 0 Å². The molecule has 0 bridgehead atoms. The summed E-state index contributed by atoms with van der Waals surface area (Å²) in [4.78, 5) is 0. The predicted molar refractivity (Wildman–Crippen MR) is 49.0 cm³/mol. The van der Waals surface area contributed by atoms with E-state index in [2.05, 4.69) is 6.92 Å². The van der Waals surface area contributed by atoms with Gasteiger partial charge >= 0.3 is 0 Å². The van der Waals surface area contributed by atoms with Crippen LogP contribution in [0.25, 0.3) is 0 Å². The minimum Gasteiger partial charge on any atom is -0.393 e. The van der Waals surface area contributed by atoms with Gasteiger partial charge < -0.3 is 9.84 Å². The Labute approximate surface area is 74.9 Å². The minimum atomic E-state index is -0.155. The SMILES string of the molecule is CCC(C(C)O)C1CCOCC1. The van der Waals surface area contributed by atoms with Gasteiger partial charge in [-0.1, -0.05) is 13.3 Å². The summed E-state index contributed by atoms with van der Waals surface area (Å²) in [6, 6.07) is 0. The molecule has 1 heterocycles. The summed E-state index contributed by atoms with van der Waals surface area (Å²) in [5.74, 6) is 1.16. The highest BCUT2D eigenvalue weighted by Gasteiger charge is 2.25. The van der Waals surface area contributed by atoms with Gasteiger partial charge in [0, 0.05) is 13.2 Å². The Kier molecular flexibility index (Phi) is 4.02. The first-order valence-corrected chi connectivity index (χ1v) is 5.01. The van der Waals surface area contributed by atoms with E-state index in [1.807, 2.05) is 6.92 Å². The quantitative estimate of drug-likeness (QED) is 0.703. The first-order valence-electron chi connectivity index (χ1n) is 5.01. The lowest BCUT2D eigenvalue weighted by Gasteiger charge is -2.31. The average Bonchev–Trinajstić information content (AvgIpc) is 2.07. The summed E-state index contributed by atoms with van der Waals surface area (Å²) in [7, 11) is 0. The molecule has 2 unspecified atom stereocenters. The third-order valence-corrected chi connectivity index (χ3v) is 2.96. The van der Waals surface area contributed by atoms with Gasteiger partial charge in [-0.25, -0.2) is 0 Å². The van der Waals surface area contributed by atoms with Gasteiger partial charge in [-0.3, -0.25) is 0 Å². The second-order valence-corrected chi connectivity index (χ2v) is 3.76. The Balaban J connectivity index is 2.40. The van der Waals surface area contributed by atoms with Crippen LogP contribution in [0.3, 0.4) is 0 Å². The maximum Gasteiger partial charge on any atom is 0.0542 e. The van der Waals surface area contributed by atoms with Crippen LogP contribution in [-0.2, 0) is 4.74 Å². The fraction of sp³-hybridized carbons (Fsp3) is 1.00. The molecule has 0 aromatic heterocycles. The molecule has 2 atom stereocenters. The number of hydrogen-bond acceptors (Lipinski definition) is 2. The highest BCUT2D eigenvalue weighted by Crippen LogP contribution is 2.28. The number of ether oxygens (including phenoxy) is 1. The summed E-state index contributed by atoms with van der Waals surface area (Å²) in [5.41, 5.74) is 0. The highest BCUT2D eigenvalue weighted by atomic mass is 16.5. The number of aliphatic hydroxyl groups is 1. The third-order valence-electron chi connectivity index (χ3n) is 2.96. The van der Waals surface area contributed by atoms with Crippen LogP contribution >= 0.6 is 0 Å². The molecule has 0 amide bonds. The highest BCUT2D eigenvalue weighted by molar-refractivity contribution is 4.75. The smallest absolute Gasteiger partial charge is 0.0542 e. The van der Waals surface area contributed by atoms with Crippen LogP contribution < -0.4 is 0 Å². The lowest BCUT2D eigenvalue weighted by molar-refractivity contribution is 0.00902. The van der Waals surface area contributed by atoms with E-state index in [0.29, 0.717) is 11.8 Å². The van der Waals surface area contributed by atoms with Crippen molar-refractivity contribution in [2.75, 3.05) is 13.2 Å². The molecule has 1 aliphatic heterocycles. The zero-order valence-corrected chi connectivity index (χ0v) is 8.12. The summed E-state index contributed by atoms with van der Waals surface area (Å²) in [6.45, 7) is 5.83. The molecule has 1 rings (SSSR count). The normalized spacial score (nSPS) is 25.2. The van der Waals surface area contributed by atoms with Crippen LogP contribution in [0.15, 0.2) is 0 Å². The second kappa shape index (κ2) is 4.83. The molecule has 0 radical (unpaired) electrons. The van der Waals surface area contributed by atoms with Gasteiger partial charge in [0.05, 0.1) is 6.10 Å². The van der Waals surface area contributed by atoms with Crippen molar-refractivity contribution in [1.82, 2.24) is 0 Å². The summed E-state index contributed by atoms with van der Waals surface area (Å²) < 4.78 is 5.29. The van der Waals surface area contributed by atoms with Gasteiger partial charge in [0.15, 0.2) is 0 Å². The van der Waals surface area contributed by atoms with Gasteiger partial charge in [-0.2, -0.15) is 0 Å². The van der Waals surface area contributed by atoms with Crippen molar-refractivity contribution in [1.29, 1.82) is 0 Å². The van der Waals surface area contributed by atoms with E-state index in [4.69, 9.17) is 4.74 Å². The maximum atomic E-state index is 9.52. The van der Waals surface area contributed by atoms with E-state index < -0.39 is 0 Å². The topological polar surface area (TPSA) is 29.5 Å². The summed E-state index contributed by atoms with van der Waals surface area (Å²) >= 11 is 0. The fourth-order valence-corrected chi connectivity index (χ4v) is 2.21. The number of rotatable bonds is 3. The first-order chi connectivity index (χ1) is 5.75. The van der Waals surface area contributed by atoms with Crippen LogP contribution in [0.1, 0.15) is 33.1 Å². The molecule has 0 aliphatic carbocycles. The van der Waals surface area contributed by atoms with Gasteiger partial charge in [-0.15, -0.1) is 0 Å². The van der Waals surface area contributed by atoms with Crippen molar-refractivity contribution in [2.45, 2.75) is 39.2 Å². The van der Waals surface area contributed by atoms with E-state index in [1.165, 1.54) is 0 Å². The molecular weight excluding hydrogens is 152 g/mol. The zero-order valence-electron chi connectivity index (χ0n) is 8.12. The van der Waals surface area contributed by atoms with Crippen LogP contribution in [-0.4, -0.2) is 24.4 Å². The lowest BCUT2D eigenvalue weighted by Crippen LogP contribution is -2.29.